The van der Waals surface area contributed by atoms with E-state index in [-0.39, 0.29) is 51.4 Å². The van der Waals surface area contributed by atoms with Gasteiger partial charge in [-0.2, -0.15) is 0 Å². The van der Waals surface area contributed by atoms with Crippen molar-refractivity contribution in [2.24, 2.45) is 0 Å². The molecule has 1 aromatic carbocycles. The second-order valence-electron chi connectivity index (χ2n) is 2.15. The topological polar surface area (TPSA) is 0 Å². The van der Waals surface area contributed by atoms with Crippen LogP contribution in [0.3, 0.4) is 0 Å². The number of rotatable bonds is 1. The van der Waals surface area contributed by atoms with Crippen LogP contribution in [-0.4, -0.2) is 19.3 Å². The summed E-state index contributed by atoms with van der Waals surface area (Å²) in [5.74, 6) is 0. The van der Waals surface area contributed by atoms with E-state index in [9.17, 15) is 0 Å². The molecule has 0 nitrogen and oxygen atoms in total. The summed E-state index contributed by atoms with van der Waals surface area (Å²) in [5, 5.41) is 0. The van der Waals surface area contributed by atoms with Gasteiger partial charge >= 0.3 is 126 Å². The Labute approximate surface area is 123 Å². The fraction of sp³-hybridized carbons (Fsp3) is 0.125. The van der Waals surface area contributed by atoms with Gasteiger partial charge in [-0.05, 0) is 0 Å². The van der Waals surface area contributed by atoms with Gasteiger partial charge in [-0.3, -0.25) is 0 Å². The Kier molecular flexibility index (Phi) is 6.80. The summed E-state index contributed by atoms with van der Waals surface area (Å²) < 4.78 is 0.833. The van der Waals surface area contributed by atoms with Gasteiger partial charge in [-0.1, -0.05) is 0 Å². The molecule has 52 valence electrons. The molecule has 0 saturated carbocycles. The standard InChI is InChI=1S/C8H8SSe.K/c1-6-2-4-7(5-3-6)8(9)10;/h2-5H,1H3,(H,9,10);/q;+1/p-1. The van der Waals surface area contributed by atoms with Crippen molar-refractivity contribution in [3.05, 3.63) is 35.4 Å². The van der Waals surface area contributed by atoms with Crippen molar-refractivity contribution in [3.63, 3.8) is 0 Å². The molecule has 0 aliphatic rings. The first kappa shape index (κ1) is 12.5. The van der Waals surface area contributed by atoms with Crippen LogP contribution in [0.2, 0.25) is 0 Å². The summed E-state index contributed by atoms with van der Waals surface area (Å²) in [7, 11) is 0. The maximum Gasteiger partial charge on any atom is 1.00 e. The van der Waals surface area contributed by atoms with Gasteiger partial charge in [-0.15, -0.1) is 0 Å². The molecule has 0 atom stereocenters. The minimum absolute atomic E-state index is 0. The van der Waals surface area contributed by atoms with Gasteiger partial charge in [0.1, 0.15) is 0 Å². The second-order valence-corrected chi connectivity index (χ2v) is 4.00. The van der Waals surface area contributed by atoms with Crippen LogP contribution in [0.5, 0.6) is 0 Å². The van der Waals surface area contributed by atoms with Gasteiger partial charge in [0.2, 0.25) is 0 Å². The Bertz CT molecular complexity index is 243. The zero-order valence-corrected chi connectivity index (χ0v) is 12.3. The molecule has 0 radical (unpaired) electrons. The minimum Gasteiger partial charge on any atom is 1.00 e. The molecule has 0 heterocycles. The molecule has 0 saturated heterocycles. The first-order valence-electron chi connectivity index (χ1n) is 2.98. The molecule has 0 aromatic heterocycles. The normalized spacial score (nSPS) is 8.45. The molecule has 0 fully saturated rings. The van der Waals surface area contributed by atoms with Crippen LogP contribution < -0.4 is 51.4 Å². The van der Waals surface area contributed by atoms with Gasteiger partial charge in [0.05, 0.1) is 0 Å². The summed E-state index contributed by atoms with van der Waals surface area (Å²) >= 11 is 7.76. The average Bonchev–Trinajstić information content (AvgIpc) is 1.88. The zero-order chi connectivity index (χ0) is 7.56. The Morgan fingerprint density at radius 3 is 2.09 bits per heavy atom. The monoisotopic (exact) mass is 254 g/mol. The summed E-state index contributed by atoms with van der Waals surface area (Å²) in [6, 6.07) is 8.15. The molecular formula is C8H7KSSe. The van der Waals surface area contributed by atoms with E-state index in [1.807, 2.05) is 12.1 Å². The van der Waals surface area contributed by atoms with Gasteiger partial charge in [-0.25, -0.2) is 0 Å². The smallest absolute Gasteiger partial charge is 1.00 e. The molecule has 0 N–H and O–H groups in total. The fourth-order valence-corrected chi connectivity index (χ4v) is 1.11. The molecule has 0 amide bonds. The summed E-state index contributed by atoms with van der Waals surface area (Å²) in [5.41, 5.74) is 2.36. The van der Waals surface area contributed by atoms with Gasteiger partial charge in [0, 0.05) is 0 Å². The van der Waals surface area contributed by atoms with Gasteiger partial charge in [0.15, 0.2) is 0 Å². The molecule has 0 bridgehead atoms. The SMILES string of the molecule is Cc1ccc(C([S-])=[Se])cc1.[K+]. The predicted octanol–water partition coefficient (Wildman–Crippen LogP) is -1.81. The van der Waals surface area contributed by atoms with Crippen LogP contribution >= 0.6 is 0 Å². The van der Waals surface area contributed by atoms with E-state index < -0.39 is 0 Å². The number of hydrogen-bond acceptors (Lipinski definition) is 1. The molecule has 0 spiro atoms. The van der Waals surface area contributed by atoms with Crippen LogP contribution in [0, 0.1) is 6.92 Å². The Hall–Kier alpha value is 1.47. The Morgan fingerprint density at radius 2 is 1.73 bits per heavy atom. The number of hydrogen-bond donors (Lipinski definition) is 0. The van der Waals surface area contributed by atoms with Crippen molar-refractivity contribution < 1.29 is 51.4 Å². The molecule has 3 heteroatoms. The van der Waals surface area contributed by atoms with Gasteiger partial charge < -0.3 is 0 Å². The molecule has 1 aromatic rings. The van der Waals surface area contributed by atoms with Crippen molar-refractivity contribution in [2.75, 3.05) is 0 Å². The van der Waals surface area contributed by atoms with E-state index in [4.69, 9.17) is 12.6 Å². The third-order valence-electron chi connectivity index (χ3n) is 1.29. The van der Waals surface area contributed by atoms with Crippen molar-refractivity contribution in [1.29, 1.82) is 0 Å². The van der Waals surface area contributed by atoms with Crippen LogP contribution in [0.1, 0.15) is 11.1 Å². The molecule has 0 aliphatic carbocycles. The largest absolute Gasteiger partial charge is 1.00 e. The van der Waals surface area contributed by atoms with E-state index in [0.717, 1.165) is 9.31 Å². The van der Waals surface area contributed by atoms with E-state index >= 15 is 0 Å². The molecule has 0 unspecified atom stereocenters. The summed E-state index contributed by atoms with van der Waals surface area (Å²) in [4.78, 5) is 0. The van der Waals surface area contributed by atoms with Crippen LogP contribution in [0.15, 0.2) is 24.3 Å². The first-order chi connectivity index (χ1) is 4.70. The van der Waals surface area contributed by atoms with Crippen molar-refractivity contribution >= 4 is 32.0 Å². The Morgan fingerprint density at radius 1 is 1.27 bits per heavy atom. The molecular weight excluding hydrogens is 246 g/mol. The van der Waals surface area contributed by atoms with Crippen molar-refractivity contribution in [1.82, 2.24) is 0 Å². The first-order valence-corrected chi connectivity index (χ1v) is 4.24. The van der Waals surface area contributed by atoms with Crippen LogP contribution in [-0.2, 0) is 12.6 Å². The van der Waals surface area contributed by atoms with E-state index in [1.165, 1.54) is 5.56 Å². The second kappa shape index (κ2) is 6.00. The zero-order valence-electron chi connectivity index (χ0n) is 6.63. The molecule has 11 heavy (non-hydrogen) atoms. The Balaban J connectivity index is 0.000001000. The quantitative estimate of drug-likeness (QED) is 0.420. The van der Waals surface area contributed by atoms with E-state index in [0.29, 0.717) is 0 Å². The summed E-state index contributed by atoms with van der Waals surface area (Å²) in [6.07, 6.45) is 0. The number of aryl methyl sites for hydroxylation is 1. The third-order valence-corrected chi connectivity index (χ3v) is 2.02. The average molecular weight is 253 g/mol. The summed E-state index contributed by atoms with van der Waals surface area (Å²) in [6.45, 7) is 2.06. The van der Waals surface area contributed by atoms with Crippen LogP contribution in [0.25, 0.3) is 0 Å². The van der Waals surface area contributed by atoms with Gasteiger partial charge in [0.25, 0.3) is 0 Å². The predicted molar refractivity (Wildman–Crippen MR) is 48.4 cm³/mol. The van der Waals surface area contributed by atoms with E-state index in [1.54, 1.807) is 0 Å². The third kappa shape index (κ3) is 4.30. The minimum atomic E-state index is 0. The van der Waals surface area contributed by atoms with Crippen LogP contribution in [0.4, 0.5) is 0 Å². The number of benzene rings is 1. The fourth-order valence-electron chi connectivity index (χ4n) is 0.690. The molecule has 0 aliphatic heterocycles. The van der Waals surface area contributed by atoms with Crippen molar-refractivity contribution in [3.8, 4) is 0 Å². The maximum atomic E-state index is 4.95. The van der Waals surface area contributed by atoms with E-state index in [2.05, 4.69) is 34.6 Å². The van der Waals surface area contributed by atoms with Crippen molar-refractivity contribution in [2.45, 2.75) is 6.92 Å². The maximum absolute atomic E-state index is 4.95. The molecule has 1 rings (SSSR count).